The number of carbonyl (C=O) groups excluding carboxylic acids is 3. The van der Waals surface area contributed by atoms with Crippen molar-refractivity contribution in [3.63, 3.8) is 0 Å². The number of piperidine rings is 1. The first-order valence-corrected chi connectivity index (χ1v) is 11.4. The van der Waals surface area contributed by atoms with Crippen molar-refractivity contribution < 1.29 is 27.6 Å². The highest BCUT2D eigenvalue weighted by atomic mass is 19.4. The minimum absolute atomic E-state index is 0.0235. The van der Waals surface area contributed by atoms with Gasteiger partial charge >= 0.3 is 6.18 Å². The summed E-state index contributed by atoms with van der Waals surface area (Å²) in [4.78, 5) is 40.4. The number of rotatable bonds is 6. The van der Waals surface area contributed by atoms with Gasteiger partial charge in [-0.3, -0.25) is 24.2 Å². The Bertz CT molecular complexity index is 877. The number of nitrogens with zero attached hydrogens (tertiary/aromatic N) is 2. The highest BCUT2D eigenvalue weighted by Crippen LogP contribution is 2.37. The van der Waals surface area contributed by atoms with Gasteiger partial charge in [-0.2, -0.15) is 13.2 Å². The van der Waals surface area contributed by atoms with Gasteiger partial charge in [0.2, 0.25) is 17.7 Å². The molecule has 1 fully saturated rings. The van der Waals surface area contributed by atoms with Crippen LogP contribution in [0.1, 0.15) is 46.0 Å². The minimum Gasteiger partial charge on any atom is -0.353 e. The predicted octanol–water partition coefficient (Wildman–Crippen LogP) is 3.31. The number of carbonyl (C=O) groups is 3. The standard InChI is InChI=1S/C23H31F3N4O3/c1-3-7-15(2)27-22(33)16-8-6-11-29(13-16)14-21(32)30-18-10-5-4-9-17(18)28-20(31)12-19(30)23(24,25)26/h4-5,9-10,15-16,19H,3,6-8,11-14H2,1-2H3,(H,27,33)(H,28,31). The molecule has 7 nitrogen and oxygen atoms in total. The van der Waals surface area contributed by atoms with Crippen LogP contribution in [0.15, 0.2) is 24.3 Å². The summed E-state index contributed by atoms with van der Waals surface area (Å²) in [6.45, 7) is 4.54. The van der Waals surface area contributed by atoms with E-state index >= 15 is 0 Å². The van der Waals surface area contributed by atoms with Crippen molar-refractivity contribution in [1.29, 1.82) is 0 Å². The first-order valence-electron chi connectivity index (χ1n) is 11.4. The van der Waals surface area contributed by atoms with Gasteiger partial charge in [-0.15, -0.1) is 0 Å². The van der Waals surface area contributed by atoms with Crippen LogP contribution in [-0.2, 0) is 14.4 Å². The molecular weight excluding hydrogens is 437 g/mol. The third-order valence-electron chi connectivity index (χ3n) is 6.12. The lowest BCUT2D eigenvalue weighted by Gasteiger charge is -2.36. The molecule has 0 saturated carbocycles. The fourth-order valence-electron chi connectivity index (χ4n) is 4.54. The van der Waals surface area contributed by atoms with E-state index in [0.29, 0.717) is 30.8 Å². The lowest BCUT2D eigenvalue weighted by atomic mass is 9.96. The maximum Gasteiger partial charge on any atom is 0.409 e. The van der Waals surface area contributed by atoms with Crippen molar-refractivity contribution in [1.82, 2.24) is 10.2 Å². The second-order valence-corrected chi connectivity index (χ2v) is 8.86. The first kappa shape index (κ1) is 25.0. The molecule has 2 heterocycles. The zero-order valence-electron chi connectivity index (χ0n) is 19.0. The summed E-state index contributed by atoms with van der Waals surface area (Å²) in [6.07, 6.45) is -2.49. The van der Waals surface area contributed by atoms with Gasteiger partial charge in [0.15, 0.2) is 0 Å². The third kappa shape index (κ3) is 6.25. The molecule has 0 radical (unpaired) electrons. The van der Waals surface area contributed by atoms with Crippen LogP contribution in [0, 0.1) is 5.92 Å². The monoisotopic (exact) mass is 468 g/mol. The van der Waals surface area contributed by atoms with E-state index in [-0.39, 0.29) is 35.8 Å². The number of halogens is 3. The van der Waals surface area contributed by atoms with E-state index in [4.69, 9.17) is 0 Å². The number of benzene rings is 1. The smallest absolute Gasteiger partial charge is 0.353 e. The second-order valence-electron chi connectivity index (χ2n) is 8.86. The number of para-hydroxylation sites is 2. The summed E-state index contributed by atoms with van der Waals surface area (Å²) >= 11 is 0. The van der Waals surface area contributed by atoms with Gasteiger partial charge in [-0.05, 0) is 44.9 Å². The van der Waals surface area contributed by atoms with Gasteiger partial charge in [0, 0.05) is 12.6 Å². The predicted molar refractivity (Wildman–Crippen MR) is 119 cm³/mol. The zero-order chi connectivity index (χ0) is 24.2. The molecule has 3 unspecified atom stereocenters. The Morgan fingerprint density at radius 1 is 1.27 bits per heavy atom. The average molecular weight is 469 g/mol. The third-order valence-corrected chi connectivity index (χ3v) is 6.12. The number of anilines is 2. The fourth-order valence-corrected chi connectivity index (χ4v) is 4.54. The molecule has 1 aromatic rings. The van der Waals surface area contributed by atoms with Crippen LogP contribution in [0.25, 0.3) is 0 Å². The molecule has 10 heteroatoms. The quantitative estimate of drug-likeness (QED) is 0.671. The van der Waals surface area contributed by atoms with Crippen LogP contribution >= 0.6 is 0 Å². The Morgan fingerprint density at radius 3 is 2.70 bits per heavy atom. The highest BCUT2D eigenvalue weighted by Gasteiger charge is 2.49. The van der Waals surface area contributed by atoms with Crippen LogP contribution in [0.3, 0.4) is 0 Å². The van der Waals surface area contributed by atoms with Crippen molar-refractivity contribution in [2.75, 3.05) is 29.9 Å². The van der Waals surface area contributed by atoms with Crippen molar-refractivity contribution in [2.45, 2.75) is 64.2 Å². The van der Waals surface area contributed by atoms with Crippen LogP contribution in [-0.4, -0.2) is 60.5 Å². The van der Waals surface area contributed by atoms with Crippen molar-refractivity contribution in [2.24, 2.45) is 5.92 Å². The number of hydrogen-bond acceptors (Lipinski definition) is 4. The van der Waals surface area contributed by atoms with E-state index in [2.05, 4.69) is 10.6 Å². The maximum absolute atomic E-state index is 13.9. The number of fused-ring (bicyclic) bond motifs is 1. The summed E-state index contributed by atoms with van der Waals surface area (Å²) in [5.74, 6) is -1.95. The molecule has 0 bridgehead atoms. The summed E-state index contributed by atoms with van der Waals surface area (Å²) in [5, 5.41) is 5.45. The van der Waals surface area contributed by atoms with Crippen molar-refractivity contribution in [3.05, 3.63) is 24.3 Å². The molecule has 1 saturated heterocycles. The lowest BCUT2D eigenvalue weighted by Crippen LogP contribution is -2.54. The molecule has 3 rings (SSSR count). The van der Waals surface area contributed by atoms with E-state index in [1.807, 2.05) is 13.8 Å². The molecule has 33 heavy (non-hydrogen) atoms. The molecule has 182 valence electrons. The SMILES string of the molecule is CCCC(C)NC(=O)C1CCCN(CC(=O)N2c3ccccc3NC(=O)CC2C(F)(F)F)C1. The first-order chi connectivity index (χ1) is 15.6. The summed E-state index contributed by atoms with van der Waals surface area (Å²) < 4.78 is 41.7. The Hall–Kier alpha value is -2.62. The van der Waals surface area contributed by atoms with Crippen LogP contribution < -0.4 is 15.5 Å². The summed E-state index contributed by atoms with van der Waals surface area (Å²) in [7, 11) is 0. The molecule has 3 amide bonds. The van der Waals surface area contributed by atoms with Gasteiger partial charge in [0.1, 0.15) is 6.04 Å². The molecule has 0 aromatic heterocycles. The topological polar surface area (TPSA) is 81.8 Å². The Balaban J connectivity index is 1.77. The number of nitrogens with one attached hydrogen (secondary N) is 2. The minimum atomic E-state index is -4.77. The van der Waals surface area contributed by atoms with Gasteiger partial charge in [0.05, 0.1) is 30.3 Å². The Morgan fingerprint density at radius 2 is 2.00 bits per heavy atom. The molecule has 1 aromatic carbocycles. The number of likely N-dealkylation sites (tertiary alicyclic amines) is 1. The second kappa shape index (κ2) is 10.5. The van der Waals surface area contributed by atoms with Gasteiger partial charge in [0.25, 0.3) is 0 Å². The Kier molecular flexibility index (Phi) is 7.99. The van der Waals surface area contributed by atoms with Gasteiger partial charge in [-0.1, -0.05) is 25.5 Å². The number of amides is 3. The van der Waals surface area contributed by atoms with Crippen LogP contribution in [0.2, 0.25) is 0 Å². The van der Waals surface area contributed by atoms with Crippen LogP contribution in [0.5, 0.6) is 0 Å². The van der Waals surface area contributed by atoms with E-state index in [9.17, 15) is 27.6 Å². The summed E-state index contributed by atoms with van der Waals surface area (Å²) in [6, 6.07) is 3.79. The number of alkyl halides is 3. The van der Waals surface area contributed by atoms with E-state index in [1.165, 1.54) is 18.2 Å². The lowest BCUT2D eigenvalue weighted by molar-refractivity contribution is -0.158. The van der Waals surface area contributed by atoms with E-state index < -0.39 is 30.5 Å². The number of hydrogen-bond donors (Lipinski definition) is 2. The Labute approximate surface area is 191 Å². The largest absolute Gasteiger partial charge is 0.409 e. The zero-order valence-corrected chi connectivity index (χ0v) is 19.0. The van der Waals surface area contributed by atoms with Gasteiger partial charge in [-0.25, -0.2) is 0 Å². The summed E-state index contributed by atoms with van der Waals surface area (Å²) in [5.41, 5.74) is 0.193. The normalized spacial score (nSPS) is 22.7. The average Bonchev–Trinajstić information content (AvgIpc) is 2.89. The van der Waals surface area contributed by atoms with E-state index in [0.717, 1.165) is 12.8 Å². The molecule has 2 aliphatic rings. The molecule has 0 aliphatic carbocycles. The molecule has 2 N–H and O–H groups in total. The maximum atomic E-state index is 13.9. The fraction of sp³-hybridized carbons (Fsp3) is 0.609. The highest BCUT2D eigenvalue weighted by molar-refractivity contribution is 6.05. The van der Waals surface area contributed by atoms with Crippen LogP contribution in [0.4, 0.5) is 24.5 Å². The molecule has 0 spiro atoms. The molecule has 3 atom stereocenters. The van der Waals surface area contributed by atoms with Gasteiger partial charge < -0.3 is 10.6 Å². The van der Waals surface area contributed by atoms with Crippen molar-refractivity contribution in [3.8, 4) is 0 Å². The van der Waals surface area contributed by atoms with E-state index in [1.54, 1.807) is 11.0 Å². The molecular formula is C23H31F3N4O3. The van der Waals surface area contributed by atoms with Crippen molar-refractivity contribution >= 4 is 29.1 Å². The molecule has 2 aliphatic heterocycles.